The van der Waals surface area contributed by atoms with Crippen molar-refractivity contribution in [1.29, 1.82) is 0 Å². The molecule has 3 fully saturated rings. The van der Waals surface area contributed by atoms with Crippen molar-refractivity contribution in [3.8, 4) is 11.1 Å². The number of carbonyl (C=O) groups excluding carboxylic acids is 1. The van der Waals surface area contributed by atoms with Gasteiger partial charge in [-0.15, -0.1) is 0 Å². The zero-order valence-electron chi connectivity index (χ0n) is 26.2. The fourth-order valence-electron chi connectivity index (χ4n) is 6.88. The maximum Gasteiger partial charge on any atom is 0.317 e. The van der Waals surface area contributed by atoms with Crippen molar-refractivity contribution in [2.45, 2.75) is 18.6 Å². The molecule has 2 atom stereocenters. The zero-order chi connectivity index (χ0) is 34.4. The number of hydrogen-bond acceptors (Lipinski definition) is 9. The number of ketones is 1. The van der Waals surface area contributed by atoms with Crippen molar-refractivity contribution in [1.82, 2.24) is 24.8 Å². The Morgan fingerprint density at radius 3 is 2.41 bits per heavy atom. The Bertz CT molecular complexity index is 1910. The van der Waals surface area contributed by atoms with Crippen LogP contribution in [-0.2, 0) is 16.1 Å². The van der Waals surface area contributed by atoms with E-state index in [9.17, 15) is 22.7 Å². The number of fused-ring (bicyclic) bond motifs is 1. The molecule has 0 radical (unpaired) electrons. The maximum atomic E-state index is 15.9. The summed E-state index contributed by atoms with van der Waals surface area (Å²) in [5.41, 5.74) is 1.29. The van der Waals surface area contributed by atoms with E-state index in [-0.39, 0.29) is 31.6 Å². The van der Waals surface area contributed by atoms with Crippen LogP contribution in [0.15, 0.2) is 54.9 Å². The highest BCUT2D eigenvalue weighted by molar-refractivity contribution is 7.80. The van der Waals surface area contributed by atoms with E-state index in [1.54, 1.807) is 12.3 Å². The third-order valence-corrected chi connectivity index (χ3v) is 10.2. The number of carbonyl (C=O) groups is 2. The Kier molecular flexibility index (Phi) is 9.15. The lowest BCUT2D eigenvalue weighted by molar-refractivity contribution is -0.140. The van der Waals surface area contributed by atoms with Crippen LogP contribution in [0.5, 0.6) is 0 Å². The number of anilines is 2. The SMILES string of the molecule is O=C(O)CN1CC(N2CCN(c3ccc(-c4cnc5[nH]cc(C(=O)c6c(F)ccc(N(N7CC[C@@H](F)C7)S(=O)[O-])c6F)c5c4)cc3)CC2)C1. The smallest absolute Gasteiger partial charge is 0.317 e. The van der Waals surface area contributed by atoms with E-state index in [1.165, 1.54) is 6.20 Å². The molecule has 3 saturated heterocycles. The molecular formula is C33H33F3N7O5S-. The lowest BCUT2D eigenvalue weighted by Gasteiger charge is -2.48. The number of aromatic nitrogens is 2. The van der Waals surface area contributed by atoms with Gasteiger partial charge in [-0.25, -0.2) is 27.6 Å². The average molecular weight is 697 g/mol. The number of hydrazine groups is 1. The molecule has 0 aliphatic carbocycles. The van der Waals surface area contributed by atoms with E-state index in [1.807, 2.05) is 29.2 Å². The zero-order valence-corrected chi connectivity index (χ0v) is 27.0. The molecule has 0 saturated carbocycles. The largest absolute Gasteiger partial charge is 0.754 e. The molecule has 0 spiro atoms. The molecule has 2 aromatic heterocycles. The molecule has 7 rings (SSSR count). The number of aliphatic carboxylic acids is 1. The van der Waals surface area contributed by atoms with E-state index in [4.69, 9.17) is 5.11 Å². The highest BCUT2D eigenvalue weighted by Gasteiger charge is 2.35. The van der Waals surface area contributed by atoms with Gasteiger partial charge in [0, 0.05) is 86.4 Å². The first-order valence-electron chi connectivity index (χ1n) is 15.9. The fraction of sp³-hybridized carbons (Fsp3) is 0.364. The third-order valence-electron chi connectivity index (χ3n) is 9.48. The first-order valence-corrected chi connectivity index (χ1v) is 16.9. The number of H-pyrrole nitrogens is 1. The summed E-state index contributed by atoms with van der Waals surface area (Å²) < 4.78 is 69.5. The van der Waals surface area contributed by atoms with Crippen LogP contribution in [0.3, 0.4) is 0 Å². The number of rotatable bonds is 10. The number of piperazine rings is 1. The molecule has 4 aromatic rings. The highest BCUT2D eigenvalue weighted by Crippen LogP contribution is 2.33. The number of carboxylic acids is 1. The summed E-state index contributed by atoms with van der Waals surface area (Å²) in [6, 6.07) is 11.7. The van der Waals surface area contributed by atoms with Gasteiger partial charge in [-0.2, -0.15) is 0 Å². The van der Waals surface area contributed by atoms with Gasteiger partial charge in [-0.05, 0) is 42.3 Å². The number of alkyl halides is 1. The van der Waals surface area contributed by atoms with Gasteiger partial charge in [-0.3, -0.25) is 23.6 Å². The van der Waals surface area contributed by atoms with Crippen LogP contribution in [0.2, 0.25) is 0 Å². The first-order chi connectivity index (χ1) is 23.6. The van der Waals surface area contributed by atoms with Crippen LogP contribution >= 0.6 is 0 Å². The molecule has 1 unspecified atom stereocenters. The summed E-state index contributed by atoms with van der Waals surface area (Å²) >= 11 is -3.06. The van der Waals surface area contributed by atoms with E-state index in [2.05, 4.69) is 19.8 Å². The van der Waals surface area contributed by atoms with Crippen molar-refractivity contribution >= 4 is 45.4 Å². The minimum absolute atomic E-state index is 0.000705. The summed E-state index contributed by atoms with van der Waals surface area (Å²) in [7, 11) is 0. The lowest BCUT2D eigenvalue weighted by atomic mass is 9.99. The van der Waals surface area contributed by atoms with Crippen molar-refractivity contribution < 1.29 is 36.6 Å². The summed E-state index contributed by atoms with van der Waals surface area (Å²) in [4.78, 5) is 38.5. The molecule has 12 nitrogen and oxygen atoms in total. The maximum absolute atomic E-state index is 15.9. The molecule has 16 heteroatoms. The number of halogens is 3. The van der Waals surface area contributed by atoms with Gasteiger partial charge in [0.2, 0.25) is 5.78 Å². The molecule has 49 heavy (non-hydrogen) atoms. The monoisotopic (exact) mass is 696 g/mol. The molecule has 3 aliphatic heterocycles. The number of hydrogen-bond donors (Lipinski definition) is 2. The Hall–Kier alpha value is -4.35. The average Bonchev–Trinajstić information content (AvgIpc) is 3.69. The van der Waals surface area contributed by atoms with E-state index in [0.717, 1.165) is 67.7 Å². The topological polar surface area (TPSA) is 139 Å². The standard InChI is InChI=1S/C33H34F3N7O5S/c34-22-7-8-42(16-22)43(49(47)48)28-6-5-27(35)30(31(28)36)32(46)26-15-38-33-25(26)13-21(14-37-33)20-1-3-23(4-2-20)40-9-11-41(12-10-40)24-17-39(18-24)19-29(44)45/h1-6,13-15,22,24H,7-12,16-19H2,(H,37,38)(H,44,45)(H,47,48)/p-1/t22-/m1/s1. The van der Waals surface area contributed by atoms with E-state index < -0.39 is 52.1 Å². The normalized spacial score (nSPS) is 20.1. The van der Waals surface area contributed by atoms with Gasteiger partial charge >= 0.3 is 5.97 Å². The summed E-state index contributed by atoms with van der Waals surface area (Å²) in [5.74, 6) is -4.36. The summed E-state index contributed by atoms with van der Waals surface area (Å²) in [6.45, 7) is 4.76. The summed E-state index contributed by atoms with van der Waals surface area (Å²) in [5, 5.41) is 10.4. The fourth-order valence-corrected chi connectivity index (χ4v) is 7.52. The Morgan fingerprint density at radius 2 is 1.76 bits per heavy atom. The molecular weight excluding hydrogens is 663 g/mol. The van der Waals surface area contributed by atoms with Crippen molar-refractivity contribution in [3.05, 3.63) is 77.6 Å². The quantitative estimate of drug-likeness (QED) is 0.188. The summed E-state index contributed by atoms with van der Waals surface area (Å²) in [6.07, 6.45) is 1.67. The van der Waals surface area contributed by atoms with E-state index >= 15 is 8.78 Å². The van der Waals surface area contributed by atoms with Gasteiger partial charge in [-0.1, -0.05) is 12.1 Å². The number of likely N-dealkylation sites (tertiary alicyclic amines) is 1. The van der Waals surface area contributed by atoms with Crippen molar-refractivity contribution in [2.24, 2.45) is 0 Å². The van der Waals surface area contributed by atoms with E-state index in [0.29, 0.717) is 27.1 Å². The molecule has 3 aliphatic rings. The second kappa shape index (κ2) is 13.5. The number of nitrogens with one attached hydrogen (secondary N) is 1. The number of aromatic amines is 1. The molecule has 0 bridgehead atoms. The Balaban J connectivity index is 1.08. The Labute approximate surface area is 282 Å². The van der Waals surface area contributed by atoms with Crippen molar-refractivity contribution in [3.63, 3.8) is 0 Å². The highest BCUT2D eigenvalue weighted by atomic mass is 32.2. The van der Waals surface area contributed by atoms with Crippen molar-refractivity contribution in [2.75, 3.05) is 68.2 Å². The van der Waals surface area contributed by atoms with Crippen LogP contribution < -0.4 is 9.31 Å². The number of pyridine rings is 1. The van der Waals surface area contributed by atoms with Crippen LogP contribution in [0.1, 0.15) is 22.3 Å². The van der Waals surface area contributed by atoms with Crippen LogP contribution in [-0.4, -0.2) is 122 Å². The molecule has 0 amide bonds. The first kappa shape index (κ1) is 33.2. The minimum Gasteiger partial charge on any atom is -0.754 e. The molecule has 5 heterocycles. The lowest BCUT2D eigenvalue weighted by Crippen LogP contribution is -2.63. The molecule has 258 valence electrons. The van der Waals surface area contributed by atoms with Crippen LogP contribution in [0.25, 0.3) is 22.2 Å². The Morgan fingerprint density at radius 1 is 1.02 bits per heavy atom. The predicted octanol–water partition coefficient (Wildman–Crippen LogP) is 3.19. The van der Waals surface area contributed by atoms with Gasteiger partial charge in [0.15, 0.2) is 5.82 Å². The second-order valence-corrected chi connectivity index (χ2v) is 13.3. The second-order valence-electron chi connectivity index (χ2n) is 12.5. The van der Waals surface area contributed by atoms with Gasteiger partial charge in [0.1, 0.15) is 23.3 Å². The molecule has 2 N–H and O–H groups in total. The number of carboxylic acid groups (broad SMARTS) is 1. The van der Waals surface area contributed by atoms with Crippen LogP contribution in [0.4, 0.5) is 24.5 Å². The van der Waals surface area contributed by atoms with Crippen LogP contribution in [0, 0.1) is 11.6 Å². The van der Waals surface area contributed by atoms with Gasteiger partial charge in [0.25, 0.3) is 0 Å². The predicted molar refractivity (Wildman–Crippen MR) is 175 cm³/mol. The number of benzene rings is 2. The van der Waals surface area contributed by atoms with Gasteiger partial charge < -0.3 is 19.5 Å². The minimum atomic E-state index is -3.06. The molecule has 2 aromatic carbocycles. The number of nitrogens with zero attached hydrogens (tertiary/aromatic N) is 6. The van der Waals surface area contributed by atoms with Gasteiger partial charge in [0.05, 0.1) is 29.9 Å². The third kappa shape index (κ3) is 6.53.